The van der Waals surface area contributed by atoms with Crippen LogP contribution in [0, 0.1) is 0 Å². The molecular weight excluding hydrogens is 434 g/mol. The maximum absolute atomic E-state index is 12.3. The fraction of sp³-hybridized carbons (Fsp3) is 0.100. The topological polar surface area (TPSA) is 64.6 Å². The molecule has 3 rings (SSSR count). The van der Waals surface area contributed by atoms with E-state index in [-0.39, 0.29) is 17.9 Å². The molecule has 0 unspecified atom stereocenters. The Morgan fingerprint density at radius 2 is 1.81 bits per heavy atom. The number of halogens is 2. The van der Waals surface area contributed by atoms with E-state index < -0.39 is 11.9 Å². The Morgan fingerprint density at radius 1 is 1.07 bits per heavy atom. The van der Waals surface area contributed by atoms with E-state index in [0.29, 0.717) is 10.8 Å². The van der Waals surface area contributed by atoms with E-state index in [2.05, 4.69) is 21.2 Å². The van der Waals surface area contributed by atoms with Gasteiger partial charge in [0.05, 0.1) is 18.4 Å². The van der Waals surface area contributed by atoms with E-state index in [9.17, 15) is 9.59 Å². The fourth-order valence-electron chi connectivity index (χ4n) is 2.60. The van der Waals surface area contributed by atoms with Crippen LogP contribution in [0.3, 0.4) is 0 Å². The Bertz CT molecular complexity index is 1020. The van der Waals surface area contributed by atoms with Crippen LogP contribution in [0.2, 0.25) is 5.02 Å². The molecule has 0 atom stereocenters. The van der Waals surface area contributed by atoms with E-state index in [1.54, 1.807) is 12.1 Å². The molecule has 0 bridgehead atoms. The summed E-state index contributed by atoms with van der Waals surface area (Å²) in [6.45, 7) is -0.223. The van der Waals surface area contributed by atoms with Crippen molar-refractivity contribution in [2.24, 2.45) is 0 Å². The maximum Gasteiger partial charge on any atom is 0.339 e. The van der Waals surface area contributed by atoms with Gasteiger partial charge in [-0.05, 0) is 35.7 Å². The Morgan fingerprint density at radius 3 is 2.56 bits per heavy atom. The maximum atomic E-state index is 12.3. The molecule has 0 aliphatic carbocycles. The molecule has 138 valence electrons. The Labute approximate surface area is 169 Å². The van der Waals surface area contributed by atoms with Crippen molar-refractivity contribution in [3.05, 3.63) is 69.7 Å². The zero-order valence-electron chi connectivity index (χ0n) is 14.3. The molecule has 27 heavy (non-hydrogen) atoms. The molecule has 1 amide bonds. The molecule has 3 aromatic rings. The van der Waals surface area contributed by atoms with Crippen molar-refractivity contribution in [1.29, 1.82) is 0 Å². The van der Waals surface area contributed by atoms with Gasteiger partial charge in [0.25, 0.3) is 5.91 Å². The number of anilines is 1. The van der Waals surface area contributed by atoms with Gasteiger partial charge in [-0.1, -0.05) is 51.8 Å². The van der Waals surface area contributed by atoms with Crippen molar-refractivity contribution in [2.45, 2.75) is 0 Å². The quantitative estimate of drug-likeness (QED) is 0.554. The summed E-state index contributed by atoms with van der Waals surface area (Å²) in [5.74, 6) is -0.403. The first-order valence-electron chi connectivity index (χ1n) is 7.97. The van der Waals surface area contributed by atoms with Crippen LogP contribution in [-0.4, -0.2) is 25.6 Å². The minimum atomic E-state index is -0.568. The van der Waals surface area contributed by atoms with E-state index in [1.165, 1.54) is 19.2 Å². The average molecular weight is 449 g/mol. The summed E-state index contributed by atoms with van der Waals surface area (Å²) in [7, 11) is 1.27. The van der Waals surface area contributed by atoms with Crippen molar-refractivity contribution in [2.75, 3.05) is 19.0 Å². The van der Waals surface area contributed by atoms with Crippen molar-refractivity contribution in [3.63, 3.8) is 0 Å². The highest BCUT2D eigenvalue weighted by atomic mass is 79.9. The number of hydrogen-bond donors (Lipinski definition) is 1. The number of rotatable bonds is 5. The Kier molecular flexibility index (Phi) is 5.98. The summed E-state index contributed by atoms with van der Waals surface area (Å²) in [5.41, 5.74) is 0.480. The summed E-state index contributed by atoms with van der Waals surface area (Å²) >= 11 is 9.46. The molecule has 0 saturated heterocycles. The predicted octanol–water partition coefficient (Wildman–Crippen LogP) is 5.06. The molecule has 0 aliphatic heterocycles. The molecule has 0 spiro atoms. The van der Waals surface area contributed by atoms with Gasteiger partial charge in [0.1, 0.15) is 5.75 Å². The number of amides is 1. The lowest BCUT2D eigenvalue weighted by Gasteiger charge is -2.12. The monoisotopic (exact) mass is 447 g/mol. The van der Waals surface area contributed by atoms with Gasteiger partial charge < -0.3 is 14.8 Å². The largest absolute Gasteiger partial charge is 0.483 e. The highest BCUT2D eigenvalue weighted by Gasteiger charge is 2.15. The summed E-state index contributed by atoms with van der Waals surface area (Å²) in [5, 5.41) is 4.90. The van der Waals surface area contributed by atoms with Gasteiger partial charge in [0.2, 0.25) is 0 Å². The normalized spacial score (nSPS) is 10.5. The number of fused-ring (bicyclic) bond motifs is 1. The third-order valence-corrected chi connectivity index (χ3v) is 4.78. The van der Waals surface area contributed by atoms with Crippen LogP contribution >= 0.6 is 27.5 Å². The first-order chi connectivity index (χ1) is 13.0. The van der Waals surface area contributed by atoms with Gasteiger partial charge in [-0.15, -0.1) is 0 Å². The van der Waals surface area contributed by atoms with Crippen LogP contribution in [0.5, 0.6) is 5.75 Å². The summed E-state index contributed by atoms with van der Waals surface area (Å²) in [6, 6.07) is 15.9. The van der Waals surface area contributed by atoms with Crippen molar-refractivity contribution in [1.82, 2.24) is 0 Å². The fourth-order valence-corrected chi connectivity index (χ4v) is 3.25. The number of carbonyl (C=O) groups is 2. The molecule has 0 heterocycles. The van der Waals surface area contributed by atoms with Crippen molar-refractivity contribution in [3.8, 4) is 5.75 Å². The minimum Gasteiger partial charge on any atom is -0.483 e. The minimum absolute atomic E-state index is 0.212. The summed E-state index contributed by atoms with van der Waals surface area (Å²) in [4.78, 5) is 24.2. The molecule has 0 aliphatic rings. The second kappa shape index (κ2) is 8.41. The van der Waals surface area contributed by atoms with Crippen LogP contribution < -0.4 is 10.1 Å². The van der Waals surface area contributed by atoms with E-state index in [4.69, 9.17) is 21.1 Å². The predicted molar refractivity (Wildman–Crippen MR) is 109 cm³/mol. The third-order valence-electron chi connectivity index (χ3n) is 3.85. The van der Waals surface area contributed by atoms with E-state index in [0.717, 1.165) is 15.2 Å². The number of carbonyl (C=O) groups excluding carboxylic acids is 2. The van der Waals surface area contributed by atoms with Crippen LogP contribution in [-0.2, 0) is 9.53 Å². The third kappa shape index (κ3) is 4.40. The molecule has 1 N–H and O–H groups in total. The smallest absolute Gasteiger partial charge is 0.339 e. The lowest BCUT2D eigenvalue weighted by molar-refractivity contribution is -0.118. The highest BCUT2D eigenvalue weighted by molar-refractivity contribution is 9.10. The van der Waals surface area contributed by atoms with Gasteiger partial charge >= 0.3 is 5.97 Å². The Hall–Kier alpha value is -2.57. The number of esters is 1. The molecule has 0 radical (unpaired) electrons. The molecule has 0 fully saturated rings. The molecule has 0 saturated carbocycles. The van der Waals surface area contributed by atoms with Gasteiger partial charge in [-0.2, -0.15) is 0 Å². The number of methoxy groups -OCH3 is 1. The molecule has 5 nitrogen and oxygen atoms in total. The number of benzene rings is 3. The van der Waals surface area contributed by atoms with Crippen LogP contribution in [0.1, 0.15) is 10.4 Å². The SMILES string of the molecule is COC(=O)c1ccc(Cl)cc1NC(=O)COc1ccc(Br)c2ccccc12. The molecule has 3 aromatic carbocycles. The lowest BCUT2D eigenvalue weighted by atomic mass is 10.1. The van der Waals surface area contributed by atoms with E-state index >= 15 is 0 Å². The van der Waals surface area contributed by atoms with Gasteiger partial charge in [-0.25, -0.2) is 4.79 Å². The summed E-state index contributed by atoms with van der Waals surface area (Å²) < 4.78 is 11.3. The highest BCUT2D eigenvalue weighted by Crippen LogP contribution is 2.31. The van der Waals surface area contributed by atoms with Crippen molar-refractivity contribution >= 4 is 55.9 Å². The second-order valence-electron chi connectivity index (χ2n) is 5.61. The summed E-state index contributed by atoms with van der Waals surface area (Å²) in [6.07, 6.45) is 0. The number of nitrogens with one attached hydrogen (secondary N) is 1. The van der Waals surface area contributed by atoms with Crippen LogP contribution in [0.4, 0.5) is 5.69 Å². The van der Waals surface area contributed by atoms with Gasteiger partial charge in [0.15, 0.2) is 6.61 Å². The average Bonchev–Trinajstić information content (AvgIpc) is 2.67. The zero-order chi connectivity index (χ0) is 19.4. The molecular formula is C20H15BrClNO4. The first-order valence-corrected chi connectivity index (χ1v) is 9.14. The van der Waals surface area contributed by atoms with Gasteiger partial charge in [-0.3, -0.25) is 4.79 Å². The molecule has 0 aromatic heterocycles. The Balaban J connectivity index is 1.76. The molecule has 7 heteroatoms. The van der Waals surface area contributed by atoms with Crippen molar-refractivity contribution < 1.29 is 19.1 Å². The second-order valence-corrected chi connectivity index (χ2v) is 6.90. The van der Waals surface area contributed by atoms with Crippen LogP contribution in [0.15, 0.2) is 59.1 Å². The number of hydrogen-bond acceptors (Lipinski definition) is 4. The standard InChI is InChI=1S/C20H15BrClNO4/c1-26-20(25)15-7-6-12(22)10-17(15)23-19(24)11-27-18-9-8-16(21)13-4-2-3-5-14(13)18/h2-10H,11H2,1H3,(H,23,24). The van der Waals surface area contributed by atoms with Gasteiger partial charge in [0, 0.05) is 14.9 Å². The van der Waals surface area contributed by atoms with Crippen LogP contribution in [0.25, 0.3) is 10.8 Å². The zero-order valence-corrected chi connectivity index (χ0v) is 16.6. The number of ether oxygens (including phenoxy) is 2. The first kappa shape index (κ1) is 19.2. The lowest BCUT2D eigenvalue weighted by Crippen LogP contribution is -2.22. The van der Waals surface area contributed by atoms with E-state index in [1.807, 2.05) is 30.3 Å².